The SMILES string of the molecule is Cc1cccc(-c2nc3scc(CCNC(=O)c4cccs4)n3n2)c1. The number of fused-ring (bicyclic) bond motifs is 1. The van der Waals surface area contributed by atoms with Gasteiger partial charge < -0.3 is 5.32 Å². The molecule has 3 aromatic heterocycles. The van der Waals surface area contributed by atoms with E-state index < -0.39 is 0 Å². The largest absolute Gasteiger partial charge is 0.351 e. The number of thiophene rings is 1. The monoisotopic (exact) mass is 368 g/mol. The molecule has 0 aliphatic heterocycles. The Labute approximate surface area is 153 Å². The van der Waals surface area contributed by atoms with E-state index in [4.69, 9.17) is 0 Å². The zero-order valence-electron chi connectivity index (χ0n) is 13.6. The maximum Gasteiger partial charge on any atom is 0.261 e. The van der Waals surface area contributed by atoms with Crippen LogP contribution in [0.2, 0.25) is 0 Å². The number of nitrogens with one attached hydrogen (secondary N) is 1. The highest BCUT2D eigenvalue weighted by Gasteiger charge is 2.12. The third kappa shape index (κ3) is 3.33. The number of hydrogen-bond donors (Lipinski definition) is 1. The molecule has 0 saturated heterocycles. The zero-order chi connectivity index (χ0) is 17.2. The minimum atomic E-state index is -0.0273. The molecule has 0 fully saturated rings. The fourth-order valence-corrected chi connectivity index (χ4v) is 4.10. The molecule has 4 rings (SSSR count). The minimum Gasteiger partial charge on any atom is -0.351 e. The van der Waals surface area contributed by atoms with E-state index in [0.29, 0.717) is 13.0 Å². The van der Waals surface area contributed by atoms with Gasteiger partial charge in [-0.05, 0) is 24.4 Å². The van der Waals surface area contributed by atoms with E-state index in [-0.39, 0.29) is 5.91 Å². The number of rotatable bonds is 5. The van der Waals surface area contributed by atoms with Crippen LogP contribution in [0.1, 0.15) is 20.9 Å². The van der Waals surface area contributed by atoms with Crippen molar-refractivity contribution in [2.45, 2.75) is 13.3 Å². The number of benzene rings is 1. The number of thiazole rings is 1. The number of amides is 1. The lowest BCUT2D eigenvalue weighted by molar-refractivity contribution is 0.0958. The Morgan fingerprint density at radius 3 is 2.96 bits per heavy atom. The Balaban J connectivity index is 1.48. The summed E-state index contributed by atoms with van der Waals surface area (Å²) in [4.78, 5) is 18.2. The first-order chi connectivity index (χ1) is 12.2. The molecule has 0 saturated carbocycles. The van der Waals surface area contributed by atoms with E-state index in [2.05, 4.69) is 34.5 Å². The lowest BCUT2D eigenvalue weighted by Crippen LogP contribution is -2.25. The third-order valence-electron chi connectivity index (χ3n) is 3.84. The van der Waals surface area contributed by atoms with Crippen LogP contribution in [0, 0.1) is 6.92 Å². The molecule has 0 unspecified atom stereocenters. The van der Waals surface area contributed by atoms with Crippen LogP contribution in [-0.4, -0.2) is 27.0 Å². The maximum absolute atomic E-state index is 12.0. The lowest BCUT2D eigenvalue weighted by Gasteiger charge is -2.02. The number of hydrogen-bond acceptors (Lipinski definition) is 5. The van der Waals surface area contributed by atoms with Crippen molar-refractivity contribution in [2.24, 2.45) is 0 Å². The van der Waals surface area contributed by atoms with Gasteiger partial charge in [0.2, 0.25) is 4.96 Å². The average Bonchev–Trinajstić information content (AvgIpc) is 3.33. The van der Waals surface area contributed by atoms with Crippen molar-refractivity contribution < 1.29 is 4.79 Å². The van der Waals surface area contributed by atoms with Gasteiger partial charge >= 0.3 is 0 Å². The van der Waals surface area contributed by atoms with Gasteiger partial charge in [0.1, 0.15) is 0 Å². The summed E-state index contributed by atoms with van der Waals surface area (Å²) in [5.41, 5.74) is 3.26. The lowest BCUT2D eigenvalue weighted by atomic mass is 10.1. The maximum atomic E-state index is 12.0. The second kappa shape index (κ2) is 6.78. The highest BCUT2D eigenvalue weighted by molar-refractivity contribution is 7.15. The summed E-state index contributed by atoms with van der Waals surface area (Å²) in [6.45, 7) is 2.63. The van der Waals surface area contributed by atoms with Crippen molar-refractivity contribution in [1.29, 1.82) is 0 Å². The van der Waals surface area contributed by atoms with Crippen LogP contribution in [0.4, 0.5) is 0 Å². The fourth-order valence-electron chi connectivity index (χ4n) is 2.60. The molecule has 126 valence electrons. The Morgan fingerprint density at radius 2 is 2.16 bits per heavy atom. The normalized spacial score (nSPS) is 11.1. The molecule has 3 heterocycles. The zero-order valence-corrected chi connectivity index (χ0v) is 15.2. The predicted molar refractivity (Wildman–Crippen MR) is 101 cm³/mol. The first kappa shape index (κ1) is 16.0. The minimum absolute atomic E-state index is 0.0273. The predicted octanol–water partition coefficient (Wildman–Crippen LogP) is 3.80. The molecule has 1 N–H and O–H groups in total. The van der Waals surface area contributed by atoms with Gasteiger partial charge in [0, 0.05) is 23.9 Å². The van der Waals surface area contributed by atoms with Crippen LogP contribution >= 0.6 is 22.7 Å². The number of nitrogens with zero attached hydrogens (tertiary/aromatic N) is 3. The standard InChI is InChI=1S/C18H16N4OS2/c1-12-4-2-5-13(10-12)16-20-18-22(21-16)14(11-25-18)7-8-19-17(23)15-6-3-9-24-15/h2-6,9-11H,7-8H2,1H3,(H,19,23). The average molecular weight is 368 g/mol. The third-order valence-corrected chi connectivity index (χ3v) is 5.57. The Morgan fingerprint density at radius 1 is 1.24 bits per heavy atom. The molecule has 25 heavy (non-hydrogen) atoms. The number of aryl methyl sites for hydroxylation is 1. The van der Waals surface area contributed by atoms with Crippen molar-refractivity contribution in [2.75, 3.05) is 6.54 Å². The molecule has 0 bridgehead atoms. The molecule has 0 atom stereocenters. The second-order valence-corrected chi connectivity index (χ2v) is 7.49. The summed E-state index contributed by atoms with van der Waals surface area (Å²) in [5, 5.41) is 11.5. The van der Waals surface area contributed by atoms with Gasteiger partial charge in [0.15, 0.2) is 5.82 Å². The Bertz CT molecular complexity index is 1020. The fraction of sp³-hybridized carbons (Fsp3) is 0.167. The molecule has 0 radical (unpaired) electrons. The van der Waals surface area contributed by atoms with Gasteiger partial charge in [0.25, 0.3) is 5.91 Å². The van der Waals surface area contributed by atoms with Crippen molar-refractivity contribution in [3.63, 3.8) is 0 Å². The highest BCUT2D eigenvalue weighted by Crippen LogP contribution is 2.21. The molecular weight excluding hydrogens is 352 g/mol. The van der Waals surface area contributed by atoms with Crippen molar-refractivity contribution in [3.05, 3.63) is 63.3 Å². The molecule has 5 nitrogen and oxygen atoms in total. The highest BCUT2D eigenvalue weighted by atomic mass is 32.1. The van der Waals surface area contributed by atoms with Crippen LogP contribution in [-0.2, 0) is 6.42 Å². The summed E-state index contributed by atoms with van der Waals surface area (Å²) < 4.78 is 1.87. The van der Waals surface area contributed by atoms with E-state index in [1.165, 1.54) is 16.9 Å². The van der Waals surface area contributed by atoms with Gasteiger partial charge in [-0.1, -0.05) is 29.8 Å². The van der Waals surface area contributed by atoms with Crippen LogP contribution in [0.15, 0.2) is 47.2 Å². The summed E-state index contributed by atoms with van der Waals surface area (Å²) >= 11 is 3.01. The van der Waals surface area contributed by atoms with Gasteiger partial charge in [-0.3, -0.25) is 4.79 Å². The van der Waals surface area contributed by atoms with Crippen LogP contribution in [0.25, 0.3) is 16.3 Å². The summed E-state index contributed by atoms with van der Waals surface area (Å²) in [7, 11) is 0. The molecule has 1 aromatic carbocycles. The summed E-state index contributed by atoms with van der Waals surface area (Å²) in [6.07, 6.45) is 0.716. The first-order valence-corrected chi connectivity index (χ1v) is 9.68. The van der Waals surface area contributed by atoms with Crippen LogP contribution in [0.5, 0.6) is 0 Å². The van der Waals surface area contributed by atoms with Crippen molar-refractivity contribution in [3.8, 4) is 11.4 Å². The number of carbonyl (C=O) groups is 1. The number of aromatic nitrogens is 3. The van der Waals surface area contributed by atoms with Crippen molar-refractivity contribution >= 4 is 33.5 Å². The molecular formula is C18H16N4OS2. The van der Waals surface area contributed by atoms with Crippen LogP contribution < -0.4 is 5.32 Å². The van der Waals surface area contributed by atoms with Crippen molar-refractivity contribution in [1.82, 2.24) is 19.9 Å². The molecule has 1 amide bonds. The second-order valence-electron chi connectivity index (χ2n) is 5.71. The van der Waals surface area contributed by atoms with Gasteiger partial charge in [-0.15, -0.1) is 27.8 Å². The van der Waals surface area contributed by atoms with Gasteiger partial charge in [-0.25, -0.2) is 4.52 Å². The molecule has 7 heteroatoms. The molecule has 0 aliphatic rings. The van der Waals surface area contributed by atoms with E-state index >= 15 is 0 Å². The summed E-state index contributed by atoms with van der Waals surface area (Å²) in [6, 6.07) is 11.9. The smallest absolute Gasteiger partial charge is 0.261 e. The Hall–Kier alpha value is -2.51. The van der Waals surface area contributed by atoms with E-state index in [9.17, 15) is 4.79 Å². The van der Waals surface area contributed by atoms with E-state index in [0.717, 1.165) is 26.9 Å². The molecule has 0 spiro atoms. The van der Waals surface area contributed by atoms with Crippen LogP contribution in [0.3, 0.4) is 0 Å². The first-order valence-electron chi connectivity index (χ1n) is 7.92. The van der Waals surface area contributed by atoms with Gasteiger partial charge in [-0.2, -0.15) is 4.98 Å². The van der Waals surface area contributed by atoms with Gasteiger partial charge in [0.05, 0.1) is 10.6 Å². The summed E-state index contributed by atoms with van der Waals surface area (Å²) in [5.74, 6) is 0.708. The van der Waals surface area contributed by atoms with E-state index in [1.807, 2.05) is 39.5 Å². The quantitative estimate of drug-likeness (QED) is 0.583. The number of carbonyl (C=O) groups excluding carboxylic acids is 1. The topological polar surface area (TPSA) is 59.3 Å². The molecule has 4 aromatic rings. The molecule has 0 aliphatic carbocycles. The van der Waals surface area contributed by atoms with E-state index in [1.54, 1.807) is 11.3 Å². The Kier molecular flexibility index (Phi) is 4.33.